The molecule has 0 aliphatic heterocycles. The maximum absolute atomic E-state index is 12.5. The number of unbranched alkanes of at least 4 members (excludes halogenated alkanes) is 24. The summed E-state index contributed by atoms with van der Waals surface area (Å²) < 4.78 is 5.33. The summed E-state index contributed by atoms with van der Waals surface area (Å²) in [7, 11) is 0. The molecule has 0 spiro atoms. The van der Waals surface area contributed by atoms with Crippen molar-refractivity contribution in [2.45, 2.75) is 213 Å². The van der Waals surface area contributed by atoms with Crippen LogP contribution >= 0.6 is 0 Å². The number of aliphatic carboxylic acids is 1. The van der Waals surface area contributed by atoms with Crippen LogP contribution in [0.5, 0.6) is 0 Å². The summed E-state index contributed by atoms with van der Waals surface area (Å²) in [5, 5.41) is 11.8. The highest BCUT2D eigenvalue weighted by atomic mass is 16.5. The van der Waals surface area contributed by atoms with Crippen LogP contribution in [0.1, 0.15) is 207 Å². The van der Waals surface area contributed by atoms with Crippen molar-refractivity contribution in [1.82, 2.24) is 5.32 Å². The average Bonchev–Trinajstić information content (AvgIpc) is 2.98. The number of nitrogens with one attached hydrogen (secondary N) is 1. The van der Waals surface area contributed by atoms with Gasteiger partial charge in [-0.25, -0.2) is 4.79 Å². The van der Waals surface area contributed by atoms with Crippen molar-refractivity contribution in [2.75, 3.05) is 6.61 Å². The largest absolute Gasteiger partial charge is 0.481 e. The van der Waals surface area contributed by atoms with Crippen LogP contribution in [-0.2, 0) is 19.1 Å². The highest BCUT2D eigenvalue weighted by Gasteiger charge is 2.25. The van der Waals surface area contributed by atoms with E-state index < -0.39 is 24.4 Å². The summed E-state index contributed by atoms with van der Waals surface area (Å²) in [6.45, 7) is 7.13. The molecule has 0 heterocycles. The zero-order valence-corrected chi connectivity index (χ0v) is 29.4. The molecule has 6 nitrogen and oxygen atoms in total. The Labute approximate surface area is 272 Å². The zero-order valence-electron chi connectivity index (χ0n) is 29.4. The number of carboxylic acid groups (broad SMARTS) is 1. The lowest BCUT2D eigenvalue weighted by atomic mass is 10.0. The van der Waals surface area contributed by atoms with Gasteiger partial charge in [0.2, 0.25) is 5.91 Å². The van der Waals surface area contributed by atoms with Crippen LogP contribution in [0, 0.1) is 5.92 Å². The second-order valence-electron chi connectivity index (χ2n) is 13.7. The second-order valence-corrected chi connectivity index (χ2v) is 13.7. The van der Waals surface area contributed by atoms with Crippen LogP contribution in [0.25, 0.3) is 0 Å². The number of carboxylic acids is 1. The molecule has 260 valence electrons. The topological polar surface area (TPSA) is 92.7 Å². The minimum absolute atomic E-state index is 0.265. The number of ether oxygens (including phenoxy) is 1. The average molecular weight is 624 g/mol. The SMILES string of the molecule is CCCCCCCCCCCCCCCCCC(=O)N[C@@H](CC(=O)O)C(=O)OCCCCCCCCCCCCCC(C)C. The van der Waals surface area contributed by atoms with Gasteiger partial charge in [-0.05, 0) is 18.8 Å². The van der Waals surface area contributed by atoms with Gasteiger partial charge in [-0.1, -0.05) is 181 Å². The van der Waals surface area contributed by atoms with Gasteiger partial charge in [0.1, 0.15) is 6.04 Å². The smallest absolute Gasteiger partial charge is 0.329 e. The fourth-order valence-electron chi connectivity index (χ4n) is 5.81. The van der Waals surface area contributed by atoms with Gasteiger partial charge < -0.3 is 15.2 Å². The van der Waals surface area contributed by atoms with Crippen molar-refractivity contribution < 1.29 is 24.2 Å². The summed E-state index contributed by atoms with van der Waals surface area (Å²) >= 11 is 0. The minimum Gasteiger partial charge on any atom is -0.481 e. The van der Waals surface area contributed by atoms with E-state index >= 15 is 0 Å². The van der Waals surface area contributed by atoms with Crippen LogP contribution in [-0.4, -0.2) is 35.6 Å². The lowest BCUT2D eigenvalue weighted by molar-refractivity contribution is -0.151. The fraction of sp³-hybridized carbons (Fsp3) is 0.921. The lowest BCUT2D eigenvalue weighted by Crippen LogP contribution is -2.43. The maximum Gasteiger partial charge on any atom is 0.329 e. The molecule has 2 N–H and O–H groups in total. The number of hydrogen-bond acceptors (Lipinski definition) is 4. The summed E-state index contributed by atoms with van der Waals surface area (Å²) in [6, 6.07) is -1.11. The molecule has 0 aromatic carbocycles. The molecule has 0 fully saturated rings. The Morgan fingerprint density at radius 3 is 1.36 bits per heavy atom. The predicted molar refractivity (Wildman–Crippen MR) is 185 cm³/mol. The molecule has 1 amide bonds. The van der Waals surface area contributed by atoms with E-state index in [1.807, 2.05) is 0 Å². The lowest BCUT2D eigenvalue weighted by Gasteiger charge is -2.16. The van der Waals surface area contributed by atoms with Crippen LogP contribution in [0.2, 0.25) is 0 Å². The zero-order chi connectivity index (χ0) is 32.5. The number of carbonyl (C=O) groups excluding carboxylic acids is 2. The van der Waals surface area contributed by atoms with Crippen LogP contribution in [0.15, 0.2) is 0 Å². The van der Waals surface area contributed by atoms with Gasteiger partial charge in [-0.3, -0.25) is 9.59 Å². The number of hydrogen-bond donors (Lipinski definition) is 2. The monoisotopic (exact) mass is 624 g/mol. The van der Waals surface area contributed by atoms with E-state index in [0.29, 0.717) is 6.42 Å². The fourth-order valence-corrected chi connectivity index (χ4v) is 5.81. The second kappa shape index (κ2) is 32.8. The Kier molecular flexibility index (Phi) is 31.6. The van der Waals surface area contributed by atoms with Gasteiger partial charge in [0.05, 0.1) is 13.0 Å². The normalized spacial score (nSPS) is 12.0. The molecule has 0 rings (SSSR count). The van der Waals surface area contributed by atoms with E-state index in [2.05, 4.69) is 26.1 Å². The Bertz CT molecular complexity index is 666. The minimum atomic E-state index is -1.12. The van der Waals surface area contributed by atoms with E-state index in [-0.39, 0.29) is 12.5 Å². The molecule has 0 radical (unpaired) electrons. The molecule has 44 heavy (non-hydrogen) atoms. The molecule has 1 atom stereocenters. The van der Waals surface area contributed by atoms with Crippen molar-refractivity contribution in [3.8, 4) is 0 Å². The summed E-state index contributed by atoms with van der Waals surface area (Å²) in [6.07, 6.45) is 33.6. The van der Waals surface area contributed by atoms with Crippen molar-refractivity contribution in [3.05, 3.63) is 0 Å². The number of rotatable bonds is 34. The third-order valence-electron chi connectivity index (χ3n) is 8.68. The molecule has 0 unspecified atom stereocenters. The third kappa shape index (κ3) is 31.8. The Hall–Kier alpha value is -1.59. The van der Waals surface area contributed by atoms with Crippen LogP contribution < -0.4 is 5.32 Å². The van der Waals surface area contributed by atoms with Gasteiger partial charge >= 0.3 is 11.9 Å². The van der Waals surface area contributed by atoms with Crippen molar-refractivity contribution in [2.24, 2.45) is 5.92 Å². The Balaban J connectivity index is 3.75. The van der Waals surface area contributed by atoms with E-state index in [1.54, 1.807) is 0 Å². The summed E-state index contributed by atoms with van der Waals surface area (Å²) in [4.78, 5) is 36.1. The van der Waals surface area contributed by atoms with Crippen molar-refractivity contribution in [3.63, 3.8) is 0 Å². The van der Waals surface area contributed by atoms with Gasteiger partial charge in [-0.2, -0.15) is 0 Å². The maximum atomic E-state index is 12.5. The first-order chi connectivity index (χ1) is 21.4. The molecule has 0 saturated heterocycles. The van der Waals surface area contributed by atoms with Crippen LogP contribution in [0.4, 0.5) is 0 Å². The summed E-state index contributed by atoms with van der Waals surface area (Å²) in [5.74, 6) is -1.19. The quantitative estimate of drug-likeness (QED) is 0.0549. The Morgan fingerprint density at radius 2 is 0.955 bits per heavy atom. The van der Waals surface area contributed by atoms with Crippen molar-refractivity contribution in [1.29, 1.82) is 0 Å². The van der Waals surface area contributed by atoms with E-state index in [4.69, 9.17) is 4.74 Å². The molecule has 0 aliphatic carbocycles. The highest BCUT2D eigenvalue weighted by Crippen LogP contribution is 2.15. The van der Waals surface area contributed by atoms with Gasteiger partial charge in [0.25, 0.3) is 0 Å². The van der Waals surface area contributed by atoms with Gasteiger partial charge in [-0.15, -0.1) is 0 Å². The first-order valence-corrected chi connectivity index (χ1v) is 19.0. The van der Waals surface area contributed by atoms with Crippen molar-refractivity contribution >= 4 is 17.8 Å². The standard InChI is InChI=1S/C38H73NO5/c1-4-5-6-7-8-9-10-11-12-13-16-19-22-25-28-31-36(40)39-35(33-37(41)42)38(43)44-32-29-26-23-20-17-14-15-18-21-24-27-30-34(2)3/h34-35H,4-33H2,1-3H3,(H,39,40)(H,41,42)/t35-/m0/s1. The third-order valence-corrected chi connectivity index (χ3v) is 8.68. The molecule has 0 saturated carbocycles. The van der Waals surface area contributed by atoms with E-state index in [1.165, 1.54) is 135 Å². The first-order valence-electron chi connectivity index (χ1n) is 19.0. The molecule has 0 aromatic heterocycles. The van der Waals surface area contributed by atoms with E-state index in [0.717, 1.165) is 44.4 Å². The van der Waals surface area contributed by atoms with Crippen LogP contribution in [0.3, 0.4) is 0 Å². The number of esters is 1. The molecule has 0 aliphatic rings. The van der Waals surface area contributed by atoms with Gasteiger partial charge in [0, 0.05) is 6.42 Å². The van der Waals surface area contributed by atoms with Gasteiger partial charge in [0.15, 0.2) is 0 Å². The highest BCUT2D eigenvalue weighted by molar-refractivity contribution is 5.87. The van der Waals surface area contributed by atoms with E-state index in [9.17, 15) is 19.5 Å². The first kappa shape index (κ1) is 42.4. The molecule has 0 aromatic rings. The Morgan fingerprint density at radius 1 is 0.568 bits per heavy atom. The summed E-state index contributed by atoms with van der Waals surface area (Å²) in [5.41, 5.74) is 0. The predicted octanol–water partition coefficient (Wildman–Crippen LogP) is 11.1. The molecule has 0 bridgehead atoms. The number of carbonyl (C=O) groups is 3. The molecular formula is C38H73NO5. The number of amides is 1. The molecule has 6 heteroatoms. The molecular weight excluding hydrogens is 550 g/mol.